The molecular formula is C15H16BrFN2O. The normalized spacial score (nSPS) is 12.2. The van der Waals surface area contributed by atoms with Gasteiger partial charge in [0.25, 0.3) is 0 Å². The zero-order valence-corrected chi connectivity index (χ0v) is 12.7. The van der Waals surface area contributed by atoms with Crippen molar-refractivity contribution in [2.45, 2.75) is 13.0 Å². The largest absolute Gasteiger partial charge is 0.494 e. The van der Waals surface area contributed by atoms with Crippen molar-refractivity contribution in [3.05, 3.63) is 63.9 Å². The van der Waals surface area contributed by atoms with E-state index in [1.54, 1.807) is 6.07 Å². The summed E-state index contributed by atoms with van der Waals surface area (Å²) in [6.45, 7) is 2.47. The van der Waals surface area contributed by atoms with Crippen LogP contribution in [0.4, 0.5) is 4.39 Å². The number of ether oxygens (including phenoxy) is 1. The van der Waals surface area contributed by atoms with Crippen molar-refractivity contribution in [1.82, 2.24) is 5.43 Å². The van der Waals surface area contributed by atoms with Crippen molar-refractivity contribution in [1.29, 1.82) is 0 Å². The van der Waals surface area contributed by atoms with Gasteiger partial charge < -0.3 is 4.74 Å². The first-order chi connectivity index (χ1) is 9.69. The van der Waals surface area contributed by atoms with Crippen molar-refractivity contribution in [2.75, 3.05) is 6.61 Å². The molecule has 5 heteroatoms. The summed E-state index contributed by atoms with van der Waals surface area (Å²) in [7, 11) is 0. The molecule has 0 aromatic heterocycles. The third kappa shape index (κ3) is 3.00. The number of halogens is 2. The van der Waals surface area contributed by atoms with Crippen molar-refractivity contribution in [3.8, 4) is 5.75 Å². The van der Waals surface area contributed by atoms with Crippen LogP contribution >= 0.6 is 15.9 Å². The maximum absolute atomic E-state index is 13.7. The van der Waals surface area contributed by atoms with Crippen LogP contribution in [0, 0.1) is 5.82 Å². The minimum atomic E-state index is -0.358. The first-order valence-electron chi connectivity index (χ1n) is 6.30. The van der Waals surface area contributed by atoms with Gasteiger partial charge in [-0.15, -0.1) is 0 Å². The lowest BCUT2D eigenvalue weighted by Gasteiger charge is -2.21. The Kier molecular flexibility index (Phi) is 5.11. The van der Waals surface area contributed by atoms with E-state index < -0.39 is 0 Å². The fourth-order valence-electron chi connectivity index (χ4n) is 2.10. The van der Waals surface area contributed by atoms with E-state index in [1.807, 2.05) is 37.3 Å². The monoisotopic (exact) mass is 338 g/mol. The van der Waals surface area contributed by atoms with Crippen LogP contribution in [-0.2, 0) is 0 Å². The predicted molar refractivity (Wildman–Crippen MR) is 80.9 cm³/mol. The molecular weight excluding hydrogens is 323 g/mol. The molecule has 1 unspecified atom stereocenters. The van der Waals surface area contributed by atoms with Gasteiger partial charge in [-0.2, -0.15) is 0 Å². The van der Waals surface area contributed by atoms with Crippen LogP contribution < -0.4 is 16.0 Å². The Labute approximate surface area is 126 Å². The number of hydrogen-bond donors (Lipinski definition) is 2. The standard InChI is InChI=1S/C15H16BrFN2O/c1-2-20-13-9-4-3-6-10(13)15(19-18)11-7-5-8-12(17)14(11)16/h3-9,15,19H,2,18H2,1H3. The van der Waals surface area contributed by atoms with Gasteiger partial charge >= 0.3 is 0 Å². The number of rotatable bonds is 5. The second-order valence-electron chi connectivity index (χ2n) is 4.21. The van der Waals surface area contributed by atoms with Crippen LogP contribution in [-0.4, -0.2) is 6.61 Å². The molecule has 20 heavy (non-hydrogen) atoms. The summed E-state index contributed by atoms with van der Waals surface area (Å²) in [5.41, 5.74) is 4.31. The number of nitrogens with one attached hydrogen (secondary N) is 1. The van der Waals surface area contributed by atoms with Gasteiger partial charge in [-0.05, 0) is 40.5 Å². The summed E-state index contributed by atoms with van der Waals surface area (Å²) in [4.78, 5) is 0. The second-order valence-corrected chi connectivity index (χ2v) is 5.01. The molecule has 0 aliphatic carbocycles. The molecule has 0 saturated heterocycles. The van der Waals surface area contributed by atoms with Gasteiger partial charge in [0, 0.05) is 5.56 Å². The Morgan fingerprint density at radius 3 is 2.60 bits per heavy atom. The van der Waals surface area contributed by atoms with E-state index in [0.29, 0.717) is 11.1 Å². The smallest absolute Gasteiger partial charge is 0.137 e. The molecule has 1 atom stereocenters. The molecule has 0 radical (unpaired) electrons. The first-order valence-corrected chi connectivity index (χ1v) is 7.10. The van der Waals surface area contributed by atoms with Gasteiger partial charge in [0.2, 0.25) is 0 Å². The van der Waals surface area contributed by atoms with Crippen molar-refractivity contribution >= 4 is 15.9 Å². The zero-order chi connectivity index (χ0) is 14.5. The Hall–Kier alpha value is -1.43. The molecule has 2 aromatic rings. The third-order valence-electron chi connectivity index (χ3n) is 2.99. The van der Waals surface area contributed by atoms with Gasteiger partial charge in [0.1, 0.15) is 11.6 Å². The summed E-state index contributed by atoms with van der Waals surface area (Å²) < 4.78 is 19.7. The molecule has 0 spiro atoms. The molecule has 2 rings (SSSR count). The predicted octanol–water partition coefficient (Wildman–Crippen LogP) is 3.54. The minimum Gasteiger partial charge on any atom is -0.494 e. The summed E-state index contributed by atoms with van der Waals surface area (Å²) in [5.74, 6) is 6.08. The molecule has 0 fully saturated rings. The highest BCUT2D eigenvalue weighted by molar-refractivity contribution is 9.10. The Bertz CT molecular complexity index is 592. The minimum absolute atomic E-state index is 0.323. The summed E-state index contributed by atoms with van der Waals surface area (Å²) in [6, 6.07) is 12.1. The second kappa shape index (κ2) is 6.83. The number of nitrogens with two attached hydrogens (primary N) is 1. The Morgan fingerprint density at radius 1 is 1.20 bits per heavy atom. The lowest BCUT2D eigenvalue weighted by atomic mass is 9.98. The fraction of sp³-hybridized carbons (Fsp3) is 0.200. The van der Waals surface area contributed by atoms with E-state index in [0.717, 1.165) is 16.9 Å². The lowest BCUT2D eigenvalue weighted by Crippen LogP contribution is -2.29. The van der Waals surface area contributed by atoms with Crippen molar-refractivity contribution in [2.24, 2.45) is 5.84 Å². The molecule has 0 heterocycles. The Morgan fingerprint density at radius 2 is 1.90 bits per heavy atom. The number of para-hydroxylation sites is 1. The summed E-state index contributed by atoms with van der Waals surface area (Å²) in [6.07, 6.45) is 0. The van der Waals surface area contributed by atoms with Gasteiger partial charge in [-0.3, -0.25) is 5.84 Å². The van der Waals surface area contributed by atoms with Gasteiger partial charge in [0.05, 0.1) is 17.1 Å². The molecule has 0 bridgehead atoms. The highest BCUT2D eigenvalue weighted by Gasteiger charge is 2.20. The molecule has 0 aliphatic heterocycles. The zero-order valence-electron chi connectivity index (χ0n) is 11.1. The molecule has 106 valence electrons. The molecule has 3 nitrogen and oxygen atoms in total. The number of benzene rings is 2. The highest BCUT2D eigenvalue weighted by Crippen LogP contribution is 2.34. The lowest BCUT2D eigenvalue weighted by molar-refractivity contribution is 0.333. The van der Waals surface area contributed by atoms with Gasteiger partial charge in [-0.25, -0.2) is 9.82 Å². The van der Waals surface area contributed by atoms with Gasteiger partial charge in [0.15, 0.2) is 0 Å². The van der Waals surface area contributed by atoms with E-state index >= 15 is 0 Å². The number of hydrogen-bond acceptors (Lipinski definition) is 3. The van der Waals surface area contributed by atoms with E-state index in [4.69, 9.17) is 10.6 Å². The Balaban J connectivity index is 2.50. The van der Waals surface area contributed by atoms with Gasteiger partial charge in [-0.1, -0.05) is 30.3 Å². The molecule has 2 aromatic carbocycles. The van der Waals surface area contributed by atoms with Crippen LogP contribution in [0.2, 0.25) is 0 Å². The maximum atomic E-state index is 13.7. The van der Waals surface area contributed by atoms with Crippen LogP contribution in [0.3, 0.4) is 0 Å². The fourth-order valence-corrected chi connectivity index (χ4v) is 2.59. The van der Waals surface area contributed by atoms with Crippen LogP contribution in [0.15, 0.2) is 46.9 Å². The van der Waals surface area contributed by atoms with Crippen LogP contribution in [0.25, 0.3) is 0 Å². The van der Waals surface area contributed by atoms with Crippen molar-refractivity contribution in [3.63, 3.8) is 0 Å². The van der Waals surface area contributed by atoms with E-state index in [1.165, 1.54) is 6.07 Å². The quantitative estimate of drug-likeness (QED) is 0.647. The average Bonchev–Trinajstić information content (AvgIpc) is 2.46. The number of hydrazine groups is 1. The van der Waals surface area contributed by atoms with Crippen molar-refractivity contribution < 1.29 is 9.13 Å². The summed E-state index contributed by atoms with van der Waals surface area (Å²) in [5, 5.41) is 0. The topological polar surface area (TPSA) is 47.3 Å². The highest BCUT2D eigenvalue weighted by atomic mass is 79.9. The van der Waals surface area contributed by atoms with E-state index in [2.05, 4.69) is 21.4 Å². The van der Waals surface area contributed by atoms with Crippen LogP contribution in [0.1, 0.15) is 24.1 Å². The molecule has 0 saturated carbocycles. The van der Waals surface area contributed by atoms with E-state index in [-0.39, 0.29) is 11.9 Å². The average molecular weight is 339 g/mol. The summed E-state index contributed by atoms with van der Waals surface area (Å²) >= 11 is 3.27. The van der Waals surface area contributed by atoms with Crippen LogP contribution in [0.5, 0.6) is 5.75 Å². The first kappa shape index (κ1) is 15.0. The third-order valence-corrected chi connectivity index (χ3v) is 3.83. The molecule has 0 amide bonds. The molecule has 0 aliphatic rings. The molecule has 3 N–H and O–H groups in total. The van der Waals surface area contributed by atoms with E-state index in [9.17, 15) is 4.39 Å². The SMILES string of the molecule is CCOc1ccccc1C(NN)c1cccc(F)c1Br. The maximum Gasteiger partial charge on any atom is 0.137 e.